The smallest absolute Gasteiger partial charge is 0.270 e. The van der Waals surface area contributed by atoms with Gasteiger partial charge in [-0.15, -0.1) is 11.8 Å². The molecular weight excluding hydrogens is 340 g/mol. The molecule has 7 nitrogen and oxygen atoms in total. The minimum absolute atomic E-state index is 0.114. The number of anilines is 1. The zero-order valence-corrected chi connectivity index (χ0v) is 14.1. The molecule has 0 saturated heterocycles. The summed E-state index contributed by atoms with van der Waals surface area (Å²) in [6.45, 7) is 3.37. The third kappa shape index (κ3) is 2.00. The molecular formula is C14H14N2O5S2. The van der Waals surface area contributed by atoms with Gasteiger partial charge in [0.2, 0.25) is 10.8 Å². The predicted octanol–water partition coefficient (Wildman–Crippen LogP) is 2.36. The van der Waals surface area contributed by atoms with Crippen LogP contribution < -0.4 is 9.46 Å². The molecule has 0 fully saturated rings. The van der Waals surface area contributed by atoms with Crippen molar-refractivity contribution in [3.05, 3.63) is 35.0 Å². The lowest BCUT2D eigenvalue weighted by Gasteiger charge is -2.33. The van der Waals surface area contributed by atoms with E-state index in [9.17, 15) is 8.42 Å². The molecule has 9 heteroatoms. The van der Waals surface area contributed by atoms with Gasteiger partial charge in [0, 0.05) is 16.2 Å². The fraction of sp³-hybridized carbons (Fsp3) is 0.357. The van der Waals surface area contributed by atoms with E-state index >= 15 is 0 Å². The number of thioether (sulfide) groups is 1. The van der Waals surface area contributed by atoms with E-state index in [0.29, 0.717) is 22.6 Å². The Morgan fingerprint density at radius 2 is 2.17 bits per heavy atom. The Hall–Kier alpha value is -1.71. The van der Waals surface area contributed by atoms with E-state index in [0.717, 1.165) is 4.90 Å². The number of benzene rings is 1. The Kier molecular flexibility index (Phi) is 3.16. The lowest BCUT2D eigenvalue weighted by molar-refractivity contribution is -0.0733. The molecule has 0 bridgehead atoms. The van der Waals surface area contributed by atoms with Gasteiger partial charge in [-0.1, -0.05) is 11.2 Å². The molecule has 1 aromatic heterocycles. The van der Waals surface area contributed by atoms with Gasteiger partial charge in [-0.25, -0.2) is 13.1 Å². The number of aryl methyl sites for hydroxylation is 1. The van der Waals surface area contributed by atoms with Crippen molar-refractivity contribution in [1.82, 2.24) is 5.16 Å². The minimum atomic E-state index is -3.93. The highest BCUT2D eigenvalue weighted by molar-refractivity contribution is 8.02. The van der Waals surface area contributed by atoms with E-state index in [1.165, 1.54) is 11.8 Å². The first-order valence-corrected chi connectivity index (χ1v) is 9.40. The molecule has 2 aromatic rings. The second-order valence-electron chi connectivity index (χ2n) is 5.41. The molecule has 0 aliphatic carbocycles. The largest absolute Gasteiger partial charge is 0.467 e. The van der Waals surface area contributed by atoms with Crippen LogP contribution in [-0.4, -0.2) is 26.1 Å². The van der Waals surface area contributed by atoms with Gasteiger partial charge in [0.05, 0.1) is 11.3 Å². The van der Waals surface area contributed by atoms with Crippen molar-refractivity contribution >= 4 is 27.7 Å². The van der Waals surface area contributed by atoms with Crippen molar-refractivity contribution in [2.24, 2.45) is 0 Å². The Morgan fingerprint density at radius 3 is 2.91 bits per heavy atom. The number of aromatic nitrogens is 1. The molecule has 1 unspecified atom stereocenters. The number of sulfonamides is 1. The summed E-state index contributed by atoms with van der Waals surface area (Å²) < 4.78 is 44.8. The topological polar surface area (TPSA) is 90.7 Å². The van der Waals surface area contributed by atoms with Crippen LogP contribution in [0.25, 0.3) is 0 Å². The van der Waals surface area contributed by atoms with Crippen molar-refractivity contribution in [2.75, 3.05) is 17.3 Å². The highest BCUT2D eigenvalue weighted by atomic mass is 32.2. The number of hydrogen-bond acceptors (Lipinski definition) is 7. The van der Waals surface area contributed by atoms with Gasteiger partial charge in [0.15, 0.2) is 6.79 Å². The molecule has 0 amide bonds. The normalized spacial score (nSPS) is 22.5. The van der Waals surface area contributed by atoms with Crippen LogP contribution in [0.2, 0.25) is 0 Å². The first-order valence-electron chi connectivity index (χ1n) is 6.93. The zero-order valence-electron chi connectivity index (χ0n) is 12.5. The molecule has 1 aromatic carbocycles. The van der Waals surface area contributed by atoms with Gasteiger partial charge in [-0.2, -0.15) is 0 Å². The zero-order chi connectivity index (χ0) is 16.2. The molecule has 0 saturated carbocycles. The summed E-state index contributed by atoms with van der Waals surface area (Å²) in [7, 11) is -3.93. The van der Waals surface area contributed by atoms with Gasteiger partial charge in [0.25, 0.3) is 10.0 Å². The van der Waals surface area contributed by atoms with Gasteiger partial charge in [-0.05, 0) is 26.0 Å². The summed E-state index contributed by atoms with van der Waals surface area (Å²) in [6, 6.07) is 5.45. The fourth-order valence-corrected chi connectivity index (χ4v) is 5.98. The fourth-order valence-electron chi connectivity index (χ4n) is 2.68. The third-order valence-corrected chi connectivity index (χ3v) is 7.28. The summed E-state index contributed by atoms with van der Waals surface area (Å²) in [5.41, 5.74) is 1.84. The molecule has 1 N–H and O–H groups in total. The van der Waals surface area contributed by atoms with Crippen LogP contribution in [0.5, 0.6) is 5.75 Å². The summed E-state index contributed by atoms with van der Waals surface area (Å²) in [5.74, 6) is 0.905. The second kappa shape index (κ2) is 4.89. The lowest BCUT2D eigenvalue weighted by Crippen LogP contribution is -2.46. The van der Waals surface area contributed by atoms with Crippen LogP contribution in [0.3, 0.4) is 0 Å². The molecule has 3 heterocycles. The first kappa shape index (κ1) is 14.9. The molecule has 2 aliphatic heterocycles. The number of nitrogens with zero attached hydrogens (tertiary/aromatic N) is 1. The SMILES string of the molecule is Cc1noc(NS(=O)(=O)C23CSc4cccc(c42)OCO3)c1C. The van der Waals surface area contributed by atoms with E-state index in [1.807, 2.05) is 12.1 Å². The molecule has 0 radical (unpaired) electrons. The van der Waals surface area contributed by atoms with Gasteiger partial charge in [-0.3, -0.25) is 0 Å². The number of nitrogens with one attached hydrogen (secondary N) is 1. The van der Waals surface area contributed by atoms with Gasteiger partial charge >= 0.3 is 0 Å². The van der Waals surface area contributed by atoms with Crippen molar-refractivity contribution in [1.29, 1.82) is 0 Å². The van der Waals surface area contributed by atoms with E-state index in [2.05, 4.69) is 9.88 Å². The van der Waals surface area contributed by atoms with Gasteiger partial charge in [0.1, 0.15) is 5.75 Å². The second-order valence-corrected chi connectivity index (χ2v) is 8.29. The number of hydrogen-bond donors (Lipinski definition) is 1. The van der Waals surface area contributed by atoms with Crippen LogP contribution in [-0.2, 0) is 19.7 Å². The third-order valence-electron chi connectivity index (χ3n) is 4.11. The predicted molar refractivity (Wildman–Crippen MR) is 83.9 cm³/mol. The van der Waals surface area contributed by atoms with Crippen molar-refractivity contribution in [3.8, 4) is 5.75 Å². The van der Waals surface area contributed by atoms with Crippen molar-refractivity contribution < 1.29 is 22.4 Å². The Labute approximate surface area is 137 Å². The van der Waals surface area contributed by atoms with E-state index in [-0.39, 0.29) is 18.4 Å². The molecule has 1 atom stereocenters. The van der Waals surface area contributed by atoms with Gasteiger partial charge < -0.3 is 14.0 Å². The van der Waals surface area contributed by atoms with Crippen LogP contribution in [0.4, 0.5) is 5.88 Å². The number of ether oxygens (including phenoxy) is 2. The molecule has 0 spiro atoms. The average Bonchev–Trinajstić information content (AvgIpc) is 3.06. The lowest BCUT2D eigenvalue weighted by atomic mass is 10.1. The Bertz CT molecular complexity index is 893. The molecule has 2 aliphatic rings. The minimum Gasteiger partial charge on any atom is -0.467 e. The quantitative estimate of drug-likeness (QED) is 0.905. The standard InChI is InChI=1S/C14H14N2O5S2/c1-8-9(2)15-21-13(8)16-23(17,18)14-6-22-11-5-3-4-10(12(11)14)19-7-20-14/h3-5,16H,6-7H2,1-2H3. The maximum Gasteiger partial charge on any atom is 0.270 e. The van der Waals surface area contributed by atoms with Crippen LogP contribution in [0, 0.1) is 13.8 Å². The highest BCUT2D eigenvalue weighted by Gasteiger charge is 2.56. The van der Waals surface area contributed by atoms with E-state index in [1.54, 1.807) is 19.9 Å². The van der Waals surface area contributed by atoms with Crippen LogP contribution in [0.1, 0.15) is 16.8 Å². The van der Waals surface area contributed by atoms with Crippen LogP contribution in [0.15, 0.2) is 27.6 Å². The first-order chi connectivity index (χ1) is 10.9. The Balaban J connectivity index is 1.82. The summed E-state index contributed by atoms with van der Waals surface area (Å²) in [6.07, 6.45) is 0. The van der Waals surface area contributed by atoms with Crippen LogP contribution >= 0.6 is 11.8 Å². The highest BCUT2D eigenvalue weighted by Crippen LogP contribution is 2.53. The Morgan fingerprint density at radius 1 is 1.35 bits per heavy atom. The molecule has 23 heavy (non-hydrogen) atoms. The number of rotatable bonds is 3. The van der Waals surface area contributed by atoms with Crippen molar-refractivity contribution in [3.63, 3.8) is 0 Å². The summed E-state index contributed by atoms with van der Waals surface area (Å²) in [5, 5.41) is 3.78. The maximum absolute atomic E-state index is 13.1. The molecule has 122 valence electrons. The molecule has 4 rings (SSSR count). The monoisotopic (exact) mass is 354 g/mol. The average molecular weight is 354 g/mol. The van der Waals surface area contributed by atoms with E-state index in [4.69, 9.17) is 14.0 Å². The van der Waals surface area contributed by atoms with Crippen molar-refractivity contribution in [2.45, 2.75) is 23.7 Å². The summed E-state index contributed by atoms with van der Waals surface area (Å²) >= 11 is 1.43. The van der Waals surface area contributed by atoms with E-state index < -0.39 is 15.0 Å². The summed E-state index contributed by atoms with van der Waals surface area (Å²) in [4.78, 5) is -0.646. The maximum atomic E-state index is 13.1.